The van der Waals surface area contributed by atoms with Gasteiger partial charge in [-0.1, -0.05) is 48.5 Å². The maximum Gasteiger partial charge on any atom is 0.275 e. The second-order valence-electron chi connectivity index (χ2n) is 6.88. The minimum absolute atomic E-state index is 0.0147. The zero-order valence-electron chi connectivity index (χ0n) is 17.1. The van der Waals surface area contributed by atoms with Crippen molar-refractivity contribution < 1.29 is 15.0 Å². The highest BCUT2D eigenvalue weighted by molar-refractivity contribution is 7.71. The zero-order chi connectivity index (χ0) is 23.4. The lowest BCUT2D eigenvalue weighted by atomic mass is 10.2. The van der Waals surface area contributed by atoms with Crippen molar-refractivity contribution in [2.45, 2.75) is 0 Å². The number of nitrogens with zero attached hydrogens (tertiary/aromatic N) is 3. The third kappa shape index (κ3) is 4.30. The normalized spacial score (nSPS) is 10.9. The molecular formula is C24H18N4O4S. The SMILES string of the molecule is O=C(NN=Cc1c(O)n(-c2ccccc2)c(=S)n(-c2ccccc2)c1=O)c1ccccc1O. The smallest absolute Gasteiger partial charge is 0.275 e. The van der Waals surface area contributed by atoms with Gasteiger partial charge in [0.15, 0.2) is 4.77 Å². The lowest BCUT2D eigenvalue weighted by Crippen LogP contribution is -2.27. The Bertz CT molecular complexity index is 1460. The van der Waals surface area contributed by atoms with Gasteiger partial charge in [-0.25, -0.2) is 5.43 Å². The number of nitrogens with one attached hydrogen (secondary N) is 1. The topological polar surface area (TPSA) is 109 Å². The number of aromatic hydroxyl groups is 2. The summed E-state index contributed by atoms with van der Waals surface area (Å²) in [7, 11) is 0. The van der Waals surface area contributed by atoms with Crippen molar-refractivity contribution in [3.05, 3.63) is 111 Å². The fourth-order valence-electron chi connectivity index (χ4n) is 3.22. The molecule has 0 atom stereocenters. The van der Waals surface area contributed by atoms with Gasteiger partial charge >= 0.3 is 0 Å². The van der Waals surface area contributed by atoms with Crippen LogP contribution in [-0.2, 0) is 0 Å². The Labute approximate surface area is 193 Å². The molecule has 3 N–H and O–H groups in total. The number of carbonyl (C=O) groups excluding carboxylic acids is 1. The van der Waals surface area contributed by atoms with Crippen molar-refractivity contribution in [2.24, 2.45) is 5.10 Å². The van der Waals surface area contributed by atoms with E-state index in [9.17, 15) is 19.8 Å². The van der Waals surface area contributed by atoms with Crippen molar-refractivity contribution in [3.8, 4) is 23.0 Å². The van der Waals surface area contributed by atoms with Gasteiger partial charge in [-0.3, -0.25) is 18.7 Å². The Morgan fingerprint density at radius 2 is 1.39 bits per heavy atom. The predicted molar refractivity (Wildman–Crippen MR) is 127 cm³/mol. The van der Waals surface area contributed by atoms with E-state index < -0.39 is 17.3 Å². The number of hydrogen-bond acceptors (Lipinski definition) is 6. The summed E-state index contributed by atoms with van der Waals surface area (Å²) in [5.41, 5.74) is 2.51. The summed E-state index contributed by atoms with van der Waals surface area (Å²) in [5.74, 6) is -1.32. The molecular weight excluding hydrogens is 440 g/mol. The molecule has 3 aromatic carbocycles. The molecule has 0 aliphatic heterocycles. The van der Waals surface area contributed by atoms with Crippen LogP contribution in [0.3, 0.4) is 0 Å². The Hall–Kier alpha value is -4.50. The Balaban J connectivity index is 1.83. The minimum atomic E-state index is -0.678. The molecule has 4 aromatic rings. The summed E-state index contributed by atoms with van der Waals surface area (Å²) < 4.78 is 2.68. The standard InChI is InChI=1S/C24H18N4O4S/c29-20-14-8-7-13-18(20)21(30)26-25-15-19-22(31)27(16-9-3-1-4-10-16)24(33)28(23(19)32)17-11-5-2-6-12-17/h1-15,29,31H,(H,26,30). The Morgan fingerprint density at radius 1 is 0.848 bits per heavy atom. The molecule has 4 rings (SSSR count). The molecule has 0 fully saturated rings. The quantitative estimate of drug-likeness (QED) is 0.241. The van der Waals surface area contributed by atoms with E-state index in [1.165, 1.54) is 21.3 Å². The van der Waals surface area contributed by atoms with E-state index in [0.717, 1.165) is 6.21 Å². The first kappa shape index (κ1) is 21.7. The minimum Gasteiger partial charge on any atom is -0.507 e. The highest BCUT2D eigenvalue weighted by Gasteiger charge is 2.18. The van der Waals surface area contributed by atoms with Gasteiger partial charge in [0, 0.05) is 0 Å². The lowest BCUT2D eigenvalue weighted by Gasteiger charge is -2.16. The lowest BCUT2D eigenvalue weighted by molar-refractivity contribution is 0.0952. The van der Waals surface area contributed by atoms with Gasteiger partial charge in [0.25, 0.3) is 11.5 Å². The third-order valence-electron chi connectivity index (χ3n) is 4.81. The third-order valence-corrected chi connectivity index (χ3v) is 5.17. The molecule has 0 unspecified atom stereocenters. The van der Waals surface area contributed by atoms with E-state index in [4.69, 9.17) is 12.2 Å². The van der Waals surface area contributed by atoms with E-state index in [0.29, 0.717) is 11.4 Å². The number of phenolic OH excluding ortho intramolecular Hbond substituents is 1. The van der Waals surface area contributed by atoms with E-state index in [1.54, 1.807) is 66.7 Å². The fraction of sp³-hybridized carbons (Fsp3) is 0. The summed E-state index contributed by atoms with van der Waals surface area (Å²) in [6.45, 7) is 0. The number of carbonyl (C=O) groups is 1. The van der Waals surface area contributed by atoms with Crippen LogP contribution in [-0.4, -0.2) is 31.5 Å². The van der Waals surface area contributed by atoms with Gasteiger partial charge in [-0.05, 0) is 48.6 Å². The van der Waals surface area contributed by atoms with Gasteiger partial charge in [0.05, 0.1) is 23.2 Å². The van der Waals surface area contributed by atoms with Crippen LogP contribution in [0.1, 0.15) is 15.9 Å². The molecule has 1 heterocycles. The van der Waals surface area contributed by atoms with Crippen LogP contribution in [0.25, 0.3) is 11.4 Å². The Morgan fingerprint density at radius 3 is 2.00 bits per heavy atom. The molecule has 1 amide bonds. The number of amides is 1. The van der Waals surface area contributed by atoms with E-state index in [1.807, 2.05) is 6.07 Å². The van der Waals surface area contributed by atoms with Crippen LogP contribution in [0.5, 0.6) is 11.6 Å². The summed E-state index contributed by atoms with van der Waals surface area (Å²) in [4.78, 5) is 25.6. The summed E-state index contributed by atoms with van der Waals surface area (Å²) in [5, 5.41) is 24.6. The molecule has 0 aliphatic rings. The number of aromatic nitrogens is 2. The van der Waals surface area contributed by atoms with Crippen LogP contribution in [0.2, 0.25) is 0 Å². The molecule has 0 saturated heterocycles. The average molecular weight is 458 g/mol. The highest BCUT2D eigenvalue weighted by Crippen LogP contribution is 2.21. The second-order valence-corrected chi connectivity index (χ2v) is 7.25. The average Bonchev–Trinajstić information content (AvgIpc) is 2.83. The number of hydrazone groups is 1. The predicted octanol–water partition coefficient (Wildman–Crippen LogP) is 3.53. The van der Waals surface area contributed by atoms with Gasteiger partial charge < -0.3 is 10.2 Å². The molecule has 0 bridgehead atoms. The summed E-state index contributed by atoms with van der Waals surface area (Å²) >= 11 is 5.55. The first-order chi connectivity index (χ1) is 16.0. The molecule has 8 nitrogen and oxygen atoms in total. The van der Waals surface area contributed by atoms with E-state index in [-0.39, 0.29) is 21.6 Å². The van der Waals surface area contributed by atoms with Gasteiger partial charge in [-0.15, -0.1) is 0 Å². The van der Waals surface area contributed by atoms with Crippen molar-refractivity contribution in [2.75, 3.05) is 0 Å². The number of rotatable bonds is 5. The van der Waals surface area contributed by atoms with E-state index >= 15 is 0 Å². The largest absolute Gasteiger partial charge is 0.507 e. The molecule has 0 spiro atoms. The monoisotopic (exact) mass is 458 g/mol. The molecule has 33 heavy (non-hydrogen) atoms. The van der Waals surface area contributed by atoms with Crippen LogP contribution in [0.4, 0.5) is 0 Å². The highest BCUT2D eigenvalue weighted by atomic mass is 32.1. The van der Waals surface area contributed by atoms with Crippen molar-refractivity contribution in [1.29, 1.82) is 0 Å². The molecule has 0 saturated carbocycles. The second kappa shape index (κ2) is 9.33. The van der Waals surface area contributed by atoms with Crippen LogP contribution >= 0.6 is 12.2 Å². The molecule has 0 radical (unpaired) electrons. The van der Waals surface area contributed by atoms with Crippen LogP contribution < -0.4 is 11.0 Å². The molecule has 164 valence electrons. The van der Waals surface area contributed by atoms with Gasteiger partial charge in [-0.2, -0.15) is 5.10 Å². The van der Waals surface area contributed by atoms with Gasteiger partial charge in [0.2, 0.25) is 5.88 Å². The number of phenols is 1. The summed E-state index contributed by atoms with van der Waals surface area (Å²) in [6, 6.07) is 23.5. The molecule has 0 aliphatic carbocycles. The first-order valence-electron chi connectivity index (χ1n) is 9.82. The van der Waals surface area contributed by atoms with Crippen LogP contribution in [0, 0.1) is 4.77 Å². The van der Waals surface area contributed by atoms with Crippen molar-refractivity contribution in [3.63, 3.8) is 0 Å². The van der Waals surface area contributed by atoms with Crippen LogP contribution in [0.15, 0.2) is 94.8 Å². The number of hydrogen-bond donors (Lipinski definition) is 3. The van der Waals surface area contributed by atoms with E-state index in [2.05, 4.69) is 10.5 Å². The maximum absolute atomic E-state index is 13.3. The fourth-order valence-corrected chi connectivity index (χ4v) is 3.60. The number of para-hydroxylation sites is 3. The molecule has 1 aromatic heterocycles. The summed E-state index contributed by atoms with van der Waals surface area (Å²) in [6.07, 6.45) is 1.04. The maximum atomic E-state index is 13.3. The van der Waals surface area contributed by atoms with Gasteiger partial charge in [0.1, 0.15) is 11.3 Å². The Kier molecular flexibility index (Phi) is 6.14. The van der Waals surface area contributed by atoms with Crippen molar-refractivity contribution >= 4 is 24.3 Å². The molecule has 9 heteroatoms. The number of benzene rings is 3. The first-order valence-corrected chi connectivity index (χ1v) is 10.2. The van der Waals surface area contributed by atoms with Crippen molar-refractivity contribution in [1.82, 2.24) is 14.6 Å². The zero-order valence-corrected chi connectivity index (χ0v) is 17.9.